The number of nitrogens with zero attached hydrogens (tertiary/aromatic N) is 1. The third-order valence-electron chi connectivity index (χ3n) is 2.39. The Labute approximate surface area is 113 Å². The molecule has 0 fully saturated rings. The first-order valence-electron chi connectivity index (χ1n) is 5.34. The van der Waals surface area contributed by atoms with Crippen molar-refractivity contribution in [3.63, 3.8) is 0 Å². The predicted molar refractivity (Wildman–Crippen MR) is 69.2 cm³/mol. The van der Waals surface area contributed by atoms with Crippen molar-refractivity contribution in [2.75, 3.05) is 10.1 Å². The van der Waals surface area contributed by atoms with Gasteiger partial charge in [-0.2, -0.15) is 0 Å². The van der Waals surface area contributed by atoms with Gasteiger partial charge >= 0.3 is 0 Å². The molecule has 0 bridgehead atoms. The molecule has 0 amide bonds. The van der Waals surface area contributed by atoms with Gasteiger partial charge in [0.05, 0.1) is 5.69 Å². The summed E-state index contributed by atoms with van der Waals surface area (Å²) in [4.78, 5) is 3.44. The van der Waals surface area contributed by atoms with Gasteiger partial charge in [0.1, 0.15) is 4.90 Å². The zero-order valence-corrected chi connectivity index (χ0v) is 10.8. The maximum Gasteiger partial charge on any atom is 0.265 e. The molecule has 1 aromatic carbocycles. The Morgan fingerprint density at radius 3 is 2.60 bits per heavy atom. The Morgan fingerprint density at radius 2 is 1.90 bits per heavy atom. The predicted octanol–water partition coefficient (Wildman–Crippen LogP) is 1.45. The number of benzene rings is 1. The Balaban J connectivity index is 2.44. The smallest absolute Gasteiger partial charge is 0.265 e. The van der Waals surface area contributed by atoms with E-state index in [1.165, 1.54) is 24.4 Å². The van der Waals surface area contributed by atoms with Gasteiger partial charge in [-0.1, -0.05) is 6.07 Å². The van der Waals surface area contributed by atoms with Crippen molar-refractivity contribution in [2.24, 2.45) is 5.84 Å². The number of nitrogens with one attached hydrogen (secondary N) is 2. The zero-order valence-electron chi connectivity index (χ0n) is 9.97. The Bertz CT molecular complexity index is 737. The summed E-state index contributed by atoms with van der Waals surface area (Å²) < 4.78 is 52.7. The lowest BCUT2D eigenvalue weighted by Gasteiger charge is -2.11. The van der Waals surface area contributed by atoms with Crippen LogP contribution in [-0.4, -0.2) is 13.4 Å². The maximum absolute atomic E-state index is 13.5. The topological polar surface area (TPSA) is 97.1 Å². The third kappa shape index (κ3) is 2.68. The van der Waals surface area contributed by atoms with Gasteiger partial charge in [0, 0.05) is 6.20 Å². The number of halogens is 2. The fraction of sp³-hybridized carbons (Fsp3) is 0. The summed E-state index contributed by atoms with van der Waals surface area (Å²) in [7, 11) is -4.16. The average Bonchev–Trinajstić information content (AvgIpc) is 2.43. The van der Waals surface area contributed by atoms with Crippen LogP contribution in [-0.2, 0) is 10.0 Å². The highest BCUT2D eigenvalue weighted by molar-refractivity contribution is 7.92. The van der Waals surface area contributed by atoms with Crippen molar-refractivity contribution in [2.45, 2.75) is 4.90 Å². The molecule has 20 heavy (non-hydrogen) atoms. The van der Waals surface area contributed by atoms with Crippen molar-refractivity contribution < 1.29 is 17.2 Å². The third-order valence-corrected chi connectivity index (χ3v) is 3.79. The van der Waals surface area contributed by atoms with Gasteiger partial charge in [-0.25, -0.2) is 28.0 Å². The molecular formula is C11H10F2N4O2S. The van der Waals surface area contributed by atoms with E-state index < -0.39 is 27.3 Å². The molecule has 2 aromatic rings. The molecular weight excluding hydrogens is 290 g/mol. The summed E-state index contributed by atoms with van der Waals surface area (Å²) in [5.74, 6) is 2.59. The van der Waals surface area contributed by atoms with Crippen LogP contribution in [0, 0.1) is 11.6 Å². The monoisotopic (exact) mass is 300 g/mol. The summed E-state index contributed by atoms with van der Waals surface area (Å²) in [6, 6.07) is 5.76. The number of sulfonamides is 1. The number of hydrogen-bond acceptors (Lipinski definition) is 5. The van der Waals surface area contributed by atoms with Crippen molar-refractivity contribution >= 4 is 21.5 Å². The molecule has 0 atom stereocenters. The van der Waals surface area contributed by atoms with E-state index in [0.29, 0.717) is 0 Å². The molecule has 4 N–H and O–H groups in total. The molecule has 0 saturated carbocycles. The largest absolute Gasteiger partial charge is 0.307 e. The van der Waals surface area contributed by atoms with Crippen LogP contribution in [0.3, 0.4) is 0 Å². The molecule has 0 saturated heterocycles. The molecule has 9 heteroatoms. The molecule has 106 valence electrons. The lowest BCUT2D eigenvalue weighted by molar-refractivity contribution is 0.511. The SMILES string of the molecule is NNc1ncccc1S(=O)(=O)Nc1cccc(F)c1F. The number of aromatic nitrogens is 1. The normalized spacial score (nSPS) is 11.2. The van der Waals surface area contributed by atoms with Crippen LogP contribution in [0.25, 0.3) is 0 Å². The average molecular weight is 300 g/mol. The van der Waals surface area contributed by atoms with E-state index in [4.69, 9.17) is 5.84 Å². The van der Waals surface area contributed by atoms with Crippen LogP contribution in [0.15, 0.2) is 41.4 Å². The molecule has 0 aliphatic heterocycles. The highest BCUT2D eigenvalue weighted by atomic mass is 32.2. The first kappa shape index (κ1) is 14.2. The summed E-state index contributed by atoms with van der Waals surface area (Å²) in [5.41, 5.74) is 1.61. The minimum atomic E-state index is -4.16. The number of nitrogens with two attached hydrogens (primary N) is 1. The summed E-state index contributed by atoms with van der Waals surface area (Å²) >= 11 is 0. The van der Waals surface area contributed by atoms with E-state index in [2.05, 4.69) is 10.4 Å². The van der Waals surface area contributed by atoms with Gasteiger partial charge in [-0.05, 0) is 24.3 Å². The molecule has 1 heterocycles. The van der Waals surface area contributed by atoms with E-state index in [9.17, 15) is 17.2 Å². The van der Waals surface area contributed by atoms with Crippen LogP contribution in [0.1, 0.15) is 0 Å². The molecule has 0 spiro atoms. The molecule has 0 aliphatic carbocycles. The van der Waals surface area contributed by atoms with Gasteiger partial charge in [0.25, 0.3) is 10.0 Å². The van der Waals surface area contributed by atoms with E-state index in [0.717, 1.165) is 12.1 Å². The molecule has 2 rings (SSSR count). The van der Waals surface area contributed by atoms with E-state index in [1.807, 2.05) is 4.72 Å². The number of anilines is 2. The molecule has 0 unspecified atom stereocenters. The molecule has 6 nitrogen and oxygen atoms in total. The van der Waals surface area contributed by atoms with Crippen LogP contribution in [0.4, 0.5) is 20.3 Å². The second-order valence-electron chi connectivity index (χ2n) is 3.70. The lowest BCUT2D eigenvalue weighted by atomic mass is 10.3. The van der Waals surface area contributed by atoms with E-state index >= 15 is 0 Å². The molecule has 0 radical (unpaired) electrons. The summed E-state index contributed by atoms with van der Waals surface area (Å²) in [6.45, 7) is 0. The fourth-order valence-electron chi connectivity index (χ4n) is 1.50. The van der Waals surface area contributed by atoms with Crippen LogP contribution >= 0.6 is 0 Å². The minimum absolute atomic E-state index is 0.114. The number of rotatable bonds is 4. The first-order chi connectivity index (χ1) is 9.45. The molecule has 0 aliphatic rings. The quantitative estimate of drug-likeness (QED) is 0.586. The Kier molecular flexibility index (Phi) is 3.81. The standard InChI is InChI=1S/C11H10F2N4O2S/c12-7-3-1-4-8(10(7)13)17-20(18,19)9-5-2-6-15-11(9)16-14/h1-6,17H,14H2,(H,15,16). The van der Waals surface area contributed by atoms with Crippen molar-refractivity contribution in [3.8, 4) is 0 Å². The maximum atomic E-state index is 13.5. The van der Waals surface area contributed by atoms with Gasteiger partial charge in [0.2, 0.25) is 0 Å². The van der Waals surface area contributed by atoms with Gasteiger partial charge in [-0.15, -0.1) is 0 Å². The Hall–Kier alpha value is -2.26. The number of hydrazine groups is 1. The number of hydrogen-bond donors (Lipinski definition) is 3. The second-order valence-corrected chi connectivity index (χ2v) is 5.35. The van der Waals surface area contributed by atoms with Crippen LogP contribution in [0.2, 0.25) is 0 Å². The van der Waals surface area contributed by atoms with E-state index in [-0.39, 0.29) is 10.7 Å². The first-order valence-corrected chi connectivity index (χ1v) is 6.82. The fourth-order valence-corrected chi connectivity index (χ4v) is 2.68. The molecule has 1 aromatic heterocycles. The van der Waals surface area contributed by atoms with Crippen molar-refractivity contribution in [3.05, 3.63) is 48.2 Å². The minimum Gasteiger partial charge on any atom is -0.307 e. The van der Waals surface area contributed by atoms with Gasteiger partial charge in [-0.3, -0.25) is 4.72 Å². The second kappa shape index (κ2) is 5.39. The number of pyridine rings is 1. The van der Waals surface area contributed by atoms with Crippen molar-refractivity contribution in [1.82, 2.24) is 4.98 Å². The van der Waals surface area contributed by atoms with Gasteiger partial charge in [0.15, 0.2) is 17.5 Å². The van der Waals surface area contributed by atoms with Crippen LogP contribution in [0.5, 0.6) is 0 Å². The zero-order chi connectivity index (χ0) is 14.8. The summed E-state index contributed by atoms with van der Waals surface area (Å²) in [6.07, 6.45) is 1.33. The lowest BCUT2D eigenvalue weighted by Crippen LogP contribution is -2.19. The van der Waals surface area contributed by atoms with Crippen molar-refractivity contribution in [1.29, 1.82) is 0 Å². The number of nitrogen functional groups attached to an aromatic ring is 1. The summed E-state index contributed by atoms with van der Waals surface area (Å²) in [5, 5.41) is 0. The van der Waals surface area contributed by atoms with Gasteiger partial charge < -0.3 is 5.43 Å². The highest BCUT2D eigenvalue weighted by Gasteiger charge is 2.21. The van der Waals surface area contributed by atoms with Crippen LogP contribution < -0.4 is 16.0 Å². The van der Waals surface area contributed by atoms with E-state index in [1.54, 1.807) is 0 Å². The highest BCUT2D eigenvalue weighted by Crippen LogP contribution is 2.23. The Morgan fingerprint density at radius 1 is 1.15 bits per heavy atom.